The molecule has 2 aromatic heterocycles. The van der Waals surface area contributed by atoms with Crippen molar-refractivity contribution in [1.29, 1.82) is 0 Å². The summed E-state index contributed by atoms with van der Waals surface area (Å²) >= 11 is 1.67. The molecule has 1 aliphatic heterocycles. The van der Waals surface area contributed by atoms with Crippen LogP contribution in [-0.2, 0) is 0 Å². The van der Waals surface area contributed by atoms with E-state index in [4.69, 9.17) is 0 Å². The lowest BCUT2D eigenvalue weighted by molar-refractivity contribution is 0.808. The van der Waals surface area contributed by atoms with Gasteiger partial charge in [-0.1, -0.05) is 12.2 Å². The average Bonchev–Trinajstić information content (AvgIpc) is 2.78. The molecule has 3 nitrogen and oxygen atoms in total. The van der Waals surface area contributed by atoms with E-state index in [1.54, 1.807) is 17.7 Å². The molecule has 0 spiro atoms. The summed E-state index contributed by atoms with van der Waals surface area (Å²) in [5.74, 6) is 1.07. The molecule has 0 fully saturated rings. The first kappa shape index (κ1) is 8.85. The van der Waals surface area contributed by atoms with Crippen LogP contribution in [0.1, 0.15) is 6.42 Å². The fourth-order valence-corrected chi connectivity index (χ4v) is 2.59. The Morgan fingerprint density at radius 1 is 1.27 bits per heavy atom. The first-order chi connectivity index (χ1) is 7.45. The van der Waals surface area contributed by atoms with Gasteiger partial charge in [0.25, 0.3) is 0 Å². The van der Waals surface area contributed by atoms with E-state index < -0.39 is 0 Å². The van der Waals surface area contributed by atoms with Crippen molar-refractivity contribution in [3.05, 3.63) is 29.9 Å². The lowest BCUT2D eigenvalue weighted by atomic mass is 10.2. The summed E-state index contributed by atoms with van der Waals surface area (Å²) in [6.45, 7) is 2.01. The van der Waals surface area contributed by atoms with Crippen LogP contribution in [0.15, 0.2) is 29.9 Å². The van der Waals surface area contributed by atoms with E-state index in [0.717, 1.165) is 30.2 Å². The predicted octanol–water partition coefficient (Wildman–Crippen LogP) is 2.46. The summed E-state index contributed by atoms with van der Waals surface area (Å²) in [6, 6.07) is 2.10. The number of aromatic nitrogens is 2. The third-order valence-electron chi connectivity index (χ3n) is 2.60. The Labute approximate surface area is 92.1 Å². The molecule has 3 rings (SSSR count). The first-order valence-electron chi connectivity index (χ1n) is 5.03. The van der Waals surface area contributed by atoms with Gasteiger partial charge >= 0.3 is 0 Å². The van der Waals surface area contributed by atoms with Crippen molar-refractivity contribution in [2.24, 2.45) is 0 Å². The fraction of sp³-hybridized carbons (Fsp3) is 0.273. The van der Waals surface area contributed by atoms with Gasteiger partial charge in [0.05, 0.1) is 5.39 Å². The van der Waals surface area contributed by atoms with Gasteiger partial charge in [-0.25, -0.2) is 9.97 Å². The maximum Gasteiger partial charge on any atom is 0.141 e. The highest BCUT2D eigenvalue weighted by Gasteiger charge is 2.12. The second-order valence-electron chi connectivity index (χ2n) is 3.54. The van der Waals surface area contributed by atoms with Gasteiger partial charge in [-0.3, -0.25) is 0 Å². The van der Waals surface area contributed by atoms with Crippen LogP contribution in [0.3, 0.4) is 0 Å². The van der Waals surface area contributed by atoms with Crippen molar-refractivity contribution < 1.29 is 0 Å². The van der Waals surface area contributed by atoms with Crippen molar-refractivity contribution >= 4 is 27.4 Å². The highest BCUT2D eigenvalue weighted by Crippen LogP contribution is 2.27. The minimum atomic E-state index is 0.960. The third kappa shape index (κ3) is 1.51. The molecule has 76 valence electrons. The maximum atomic E-state index is 4.39. The van der Waals surface area contributed by atoms with Crippen LogP contribution >= 0.6 is 11.3 Å². The fourth-order valence-electron chi connectivity index (χ4n) is 1.86. The lowest BCUT2D eigenvalue weighted by Gasteiger charge is -2.24. The van der Waals surface area contributed by atoms with Crippen LogP contribution in [0, 0.1) is 0 Å². The molecule has 0 aromatic carbocycles. The van der Waals surface area contributed by atoms with E-state index in [1.807, 2.05) is 0 Å². The molecule has 15 heavy (non-hydrogen) atoms. The van der Waals surface area contributed by atoms with Gasteiger partial charge in [-0.15, -0.1) is 11.3 Å². The Morgan fingerprint density at radius 2 is 2.27 bits per heavy atom. The molecule has 0 radical (unpaired) electrons. The highest BCUT2D eigenvalue weighted by atomic mass is 32.1. The smallest absolute Gasteiger partial charge is 0.141 e. The van der Waals surface area contributed by atoms with Crippen molar-refractivity contribution in [3.8, 4) is 0 Å². The summed E-state index contributed by atoms with van der Waals surface area (Å²) in [5, 5.41) is 3.25. The summed E-state index contributed by atoms with van der Waals surface area (Å²) in [4.78, 5) is 12.0. The molecule has 1 aliphatic rings. The maximum absolute atomic E-state index is 4.39. The Hall–Kier alpha value is -1.42. The van der Waals surface area contributed by atoms with E-state index in [9.17, 15) is 0 Å². The van der Waals surface area contributed by atoms with Crippen molar-refractivity contribution in [1.82, 2.24) is 9.97 Å². The van der Waals surface area contributed by atoms with Crippen LogP contribution in [0.2, 0.25) is 0 Å². The van der Waals surface area contributed by atoms with Gasteiger partial charge in [0.1, 0.15) is 17.0 Å². The summed E-state index contributed by atoms with van der Waals surface area (Å²) in [5.41, 5.74) is 0. The van der Waals surface area contributed by atoms with Crippen molar-refractivity contribution in [2.75, 3.05) is 18.0 Å². The molecule has 0 atom stereocenters. The monoisotopic (exact) mass is 217 g/mol. The molecular formula is C11H11N3S. The Bertz CT molecular complexity index is 503. The molecule has 3 heterocycles. The standard InChI is InChI=1S/C11H11N3S/c1-2-5-14(6-3-1)10-9-4-7-15-11(9)13-8-12-10/h1-2,4,7-8H,3,5-6H2. The summed E-state index contributed by atoms with van der Waals surface area (Å²) < 4.78 is 0. The van der Waals surface area contributed by atoms with Gasteiger partial charge in [-0.05, 0) is 17.9 Å². The number of nitrogens with zero attached hydrogens (tertiary/aromatic N) is 3. The molecule has 0 saturated carbocycles. The SMILES string of the molecule is C1=CCN(c2ncnc3sccc23)CC1. The molecule has 0 N–H and O–H groups in total. The predicted molar refractivity (Wildman–Crippen MR) is 63.4 cm³/mol. The zero-order valence-electron chi connectivity index (χ0n) is 8.26. The van der Waals surface area contributed by atoms with Gasteiger partial charge in [0, 0.05) is 13.1 Å². The van der Waals surface area contributed by atoms with Gasteiger partial charge in [-0.2, -0.15) is 0 Å². The number of fused-ring (bicyclic) bond motifs is 1. The Balaban J connectivity index is 2.09. The normalized spacial score (nSPS) is 16.1. The highest BCUT2D eigenvalue weighted by molar-refractivity contribution is 7.16. The van der Waals surface area contributed by atoms with Gasteiger partial charge in [0.15, 0.2) is 0 Å². The van der Waals surface area contributed by atoms with E-state index in [1.165, 1.54) is 5.39 Å². The summed E-state index contributed by atoms with van der Waals surface area (Å²) in [6.07, 6.45) is 7.19. The van der Waals surface area contributed by atoms with Gasteiger partial charge < -0.3 is 4.90 Å². The number of hydrogen-bond acceptors (Lipinski definition) is 4. The minimum Gasteiger partial charge on any atom is -0.352 e. The second kappa shape index (κ2) is 3.62. The molecule has 0 amide bonds. The number of hydrogen-bond donors (Lipinski definition) is 0. The molecule has 2 aromatic rings. The summed E-state index contributed by atoms with van der Waals surface area (Å²) in [7, 11) is 0. The van der Waals surface area contributed by atoms with Crippen LogP contribution < -0.4 is 4.90 Å². The van der Waals surface area contributed by atoms with Crippen molar-refractivity contribution in [2.45, 2.75) is 6.42 Å². The molecule has 4 heteroatoms. The van der Waals surface area contributed by atoms with Crippen LogP contribution in [0.25, 0.3) is 10.2 Å². The van der Waals surface area contributed by atoms with E-state index >= 15 is 0 Å². The molecule has 0 saturated heterocycles. The number of anilines is 1. The Kier molecular flexibility index (Phi) is 2.14. The number of thiophene rings is 1. The van der Waals surface area contributed by atoms with E-state index in [-0.39, 0.29) is 0 Å². The zero-order chi connectivity index (χ0) is 10.1. The quantitative estimate of drug-likeness (QED) is 0.687. The van der Waals surface area contributed by atoms with Crippen LogP contribution in [0.4, 0.5) is 5.82 Å². The minimum absolute atomic E-state index is 0.960. The van der Waals surface area contributed by atoms with E-state index in [2.05, 4.69) is 38.5 Å². The molecule has 0 unspecified atom stereocenters. The van der Waals surface area contributed by atoms with Gasteiger partial charge in [0.2, 0.25) is 0 Å². The van der Waals surface area contributed by atoms with Crippen LogP contribution in [0.5, 0.6) is 0 Å². The topological polar surface area (TPSA) is 29.0 Å². The molecule has 0 bridgehead atoms. The van der Waals surface area contributed by atoms with E-state index in [0.29, 0.717) is 0 Å². The molecular weight excluding hydrogens is 206 g/mol. The second-order valence-corrected chi connectivity index (χ2v) is 4.44. The zero-order valence-corrected chi connectivity index (χ0v) is 9.07. The lowest BCUT2D eigenvalue weighted by Crippen LogP contribution is -2.27. The largest absolute Gasteiger partial charge is 0.352 e. The van der Waals surface area contributed by atoms with Crippen LogP contribution in [-0.4, -0.2) is 23.1 Å². The first-order valence-corrected chi connectivity index (χ1v) is 5.91. The number of rotatable bonds is 1. The van der Waals surface area contributed by atoms with Crippen molar-refractivity contribution in [3.63, 3.8) is 0 Å². The molecule has 0 aliphatic carbocycles. The average molecular weight is 217 g/mol. The Morgan fingerprint density at radius 3 is 3.13 bits per heavy atom. The third-order valence-corrected chi connectivity index (χ3v) is 3.42.